The van der Waals surface area contributed by atoms with Gasteiger partial charge in [-0.05, 0) is 24.3 Å². The van der Waals surface area contributed by atoms with Gasteiger partial charge in [-0.15, -0.1) is 0 Å². The molecule has 1 fully saturated rings. The van der Waals surface area contributed by atoms with Gasteiger partial charge in [0.05, 0.1) is 26.7 Å². The van der Waals surface area contributed by atoms with Gasteiger partial charge in [-0.25, -0.2) is 0 Å². The fraction of sp³-hybridized carbons (Fsp3) is 0.385. The van der Waals surface area contributed by atoms with Crippen molar-refractivity contribution in [3.8, 4) is 11.5 Å². The molecule has 1 heterocycles. The van der Waals surface area contributed by atoms with Crippen LogP contribution in [0.4, 0.5) is 0 Å². The molecule has 0 bridgehead atoms. The smallest absolute Gasteiger partial charge is 0.243 e. The molecule has 6 nitrogen and oxygen atoms in total. The van der Waals surface area contributed by atoms with Crippen LogP contribution in [-0.2, 0) is 9.59 Å². The molecule has 102 valence electrons. The van der Waals surface area contributed by atoms with Crippen molar-refractivity contribution in [3.05, 3.63) is 24.3 Å². The maximum atomic E-state index is 11.5. The van der Waals surface area contributed by atoms with Crippen LogP contribution in [0.25, 0.3) is 0 Å². The highest BCUT2D eigenvalue weighted by Gasteiger charge is 2.24. The van der Waals surface area contributed by atoms with E-state index in [9.17, 15) is 9.59 Å². The lowest BCUT2D eigenvalue weighted by Crippen LogP contribution is -2.53. The molecule has 1 N–H and O–H groups in total. The molecule has 0 spiro atoms. The van der Waals surface area contributed by atoms with Crippen LogP contribution in [0.5, 0.6) is 11.5 Å². The third-order valence-electron chi connectivity index (χ3n) is 2.80. The lowest BCUT2D eigenvalue weighted by atomic mass is 10.3. The summed E-state index contributed by atoms with van der Waals surface area (Å²) >= 11 is 0. The first kappa shape index (κ1) is 13.4. The molecule has 6 heteroatoms. The highest BCUT2D eigenvalue weighted by molar-refractivity contribution is 5.99. The second-order valence-electron chi connectivity index (χ2n) is 4.07. The topological polar surface area (TPSA) is 67.9 Å². The molecule has 1 aliphatic rings. The predicted octanol–water partition coefficient (Wildman–Crippen LogP) is 0.0324. The Labute approximate surface area is 111 Å². The van der Waals surface area contributed by atoms with Crippen molar-refractivity contribution >= 4 is 11.8 Å². The Morgan fingerprint density at radius 2 is 1.68 bits per heavy atom. The number of nitrogens with one attached hydrogen (secondary N) is 1. The van der Waals surface area contributed by atoms with E-state index < -0.39 is 0 Å². The van der Waals surface area contributed by atoms with Crippen molar-refractivity contribution < 1.29 is 19.1 Å². The van der Waals surface area contributed by atoms with E-state index in [0.29, 0.717) is 5.75 Å². The van der Waals surface area contributed by atoms with Gasteiger partial charge in [-0.2, -0.15) is 0 Å². The monoisotopic (exact) mass is 264 g/mol. The van der Waals surface area contributed by atoms with E-state index in [1.54, 1.807) is 31.4 Å². The van der Waals surface area contributed by atoms with E-state index in [1.165, 1.54) is 4.90 Å². The molecule has 0 unspecified atom stereocenters. The summed E-state index contributed by atoms with van der Waals surface area (Å²) in [6, 6.07) is 7.13. The van der Waals surface area contributed by atoms with Crippen LogP contribution in [0.1, 0.15) is 0 Å². The largest absolute Gasteiger partial charge is 0.497 e. The molecule has 1 aliphatic heterocycles. The Morgan fingerprint density at radius 1 is 1.11 bits per heavy atom. The standard InChI is InChI=1S/C13H16N2O4/c1-18-10-2-4-11(5-3-10)19-7-6-15-12(16)8-14-9-13(15)17/h2-5,14H,6-9H2,1H3. The first-order chi connectivity index (χ1) is 9.20. The highest BCUT2D eigenvalue weighted by atomic mass is 16.5. The van der Waals surface area contributed by atoms with Gasteiger partial charge < -0.3 is 9.47 Å². The van der Waals surface area contributed by atoms with Gasteiger partial charge in [0.2, 0.25) is 11.8 Å². The van der Waals surface area contributed by atoms with Crippen LogP contribution in [0.2, 0.25) is 0 Å². The fourth-order valence-corrected chi connectivity index (χ4v) is 1.78. The van der Waals surface area contributed by atoms with Gasteiger partial charge in [-0.3, -0.25) is 19.8 Å². The minimum absolute atomic E-state index is 0.203. The molecule has 0 atom stereocenters. The van der Waals surface area contributed by atoms with Crippen molar-refractivity contribution in [1.29, 1.82) is 0 Å². The third kappa shape index (κ3) is 3.45. The summed E-state index contributed by atoms with van der Waals surface area (Å²) in [7, 11) is 1.59. The second kappa shape index (κ2) is 6.19. The predicted molar refractivity (Wildman–Crippen MR) is 68.1 cm³/mol. The molecule has 19 heavy (non-hydrogen) atoms. The average molecular weight is 264 g/mol. The lowest BCUT2D eigenvalue weighted by molar-refractivity contribution is -0.146. The van der Waals surface area contributed by atoms with Crippen LogP contribution in [0.15, 0.2) is 24.3 Å². The van der Waals surface area contributed by atoms with Crippen LogP contribution >= 0.6 is 0 Å². The van der Waals surface area contributed by atoms with Crippen LogP contribution in [-0.4, -0.2) is 50.1 Å². The number of benzene rings is 1. The summed E-state index contributed by atoms with van der Waals surface area (Å²) < 4.78 is 10.5. The third-order valence-corrected chi connectivity index (χ3v) is 2.80. The van der Waals surface area contributed by atoms with Crippen molar-refractivity contribution in [2.24, 2.45) is 0 Å². The zero-order valence-electron chi connectivity index (χ0n) is 10.7. The normalized spacial score (nSPS) is 15.5. The molecule has 0 aromatic heterocycles. The number of methoxy groups -OCH3 is 1. The molecule has 0 saturated carbocycles. The molecule has 1 aromatic rings. The Bertz CT molecular complexity index is 442. The van der Waals surface area contributed by atoms with Gasteiger partial charge in [0, 0.05) is 0 Å². The van der Waals surface area contributed by atoms with Crippen molar-refractivity contribution in [3.63, 3.8) is 0 Å². The van der Waals surface area contributed by atoms with Gasteiger partial charge >= 0.3 is 0 Å². The summed E-state index contributed by atoms with van der Waals surface area (Å²) in [4.78, 5) is 24.2. The molecule has 1 saturated heterocycles. The zero-order chi connectivity index (χ0) is 13.7. The second-order valence-corrected chi connectivity index (χ2v) is 4.07. The molecular weight excluding hydrogens is 248 g/mol. The van der Waals surface area contributed by atoms with Gasteiger partial charge in [0.15, 0.2) is 0 Å². The Morgan fingerprint density at radius 3 is 2.26 bits per heavy atom. The number of carbonyl (C=O) groups excluding carboxylic acids is 2. The van der Waals surface area contributed by atoms with E-state index in [4.69, 9.17) is 9.47 Å². The maximum absolute atomic E-state index is 11.5. The number of rotatable bonds is 5. The van der Waals surface area contributed by atoms with Gasteiger partial charge in [-0.1, -0.05) is 0 Å². The molecular formula is C13H16N2O4. The average Bonchev–Trinajstić information content (AvgIpc) is 2.43. The maximum Gasteiger partial charge on any atom is 0.243 e. The Kier molecular flexibility index (Phi) is 4.35. The van der Waals surface area contributed by atoms with E-state index in [2.05, 4.69) is 5.32 Å². The van der Waals surface area contributed by atoms with Crippen LogP contribution in [0, 0.1) is 0 Å². The number of piperazine rings is 1. The molecule has 0 radical (unpaired) electrons. The minimum atomic E-state index is -0.213. The molecule has 1 aromatic carbocycles. The number of hydrogen-bond donors (Lipinski definition) is 1. The fourth-order valence-electron chi connectivity index (χ4n) is 1.78. The number of nitrogens with zero attached hydrogens (tertiary/aromatic N) is 1. The first-order valence-corrected chi connectivity index (χ1v) is 6.01. The van der Waals surface area contributed by atoms with E-state index in [1.807, 2.05) is 0 Å². The number of ether oxygens (including phenoxy) is 2. The SMILES string of the molecule is COc1ccc(OCCN2C(=O)CNCC2=O)cc1. The Balaban J connectivity index is 1.82. The van der Waals surface area contributed by atoms with E-state index in [-0.39, 0.29) is 38.1 Å². The van der Waals surface area contributed by atoms with Crippen molar-refractivity contribution in [1.82, 2.24) is 10.2 Å². The summed E-state index contributed by atoms with van der Waals surface area (Å²) in [6.45, 7) is 0.956. The van der Waals surface area contributed by atoms with Gasteiger partial charge in [0.25, 0.3) is 0 Å². The number of carbonyl (C=O) groups is 2. The Hall–Kier alpha value is -2.08. The summed E-state index contributed by atoms with van der Waals surface area (Å²) in [5, 5.41) is 2.74. The minimum Gasteiger partial charge on any atom is -0.497 e. The quantitative estimate of drug-likeness (QED) is 0.760. The van der Waals surface area contributed by atoms with Gasteiger partial charge in [0.1, 0.15) is 18.1 Å². The highest BCUT2D eigenvalue weighted by Crippen LogP contribution is 2.16. The summed E-state index contributed by atoms with van der Waals surface area (Å²) in [6.07, 6.45) is 0. The molecule has 2 rings (SSSR count). The van der Waals surface area contributed by atoms with Crippen LogP contribution < -0.4 is 14.8 Å². The molecule has 0 aliphatic carbocycles. The number of imide groups is 1. The van der Waals surface area contributed by atoms with E-state index >= 15 is 0 Å². The summed E-state index contributed by atoms with van der Waals surface area (Å²) in [5.74, 6) is 1.000. The van der Waals surface area contributed by atoms with E-state index in [0.717, 1.165) is 5.75 Å². The number of hydrogen-bond acceptors (Lipinski definition) is 5. The van der Waals surface area contributed by atoms with Crippen molar-refractivity contribution in [2.75, 3.05) is 33.4 Å². The molecule has 2 amide bonds. The lowest BCUT2D eigenvalue weighted by Gasteiger charge is -2.25. The number of amides is 2. The zero-order valence-corrected chi connectivity index (χ0v) is 10.7. The first-order valence-electron chi connectivity index (χ1n) is 6.01. The van der Waals surface area contributed by atoms with Crippen molar-refractivity contribution in [2.45, 2.75) is 0 Å². The van der Waals surface area contributed by atoms with Crippen LogP contribution in [0.3, 0.4) is 0 Å². The summed E-state index contributed by atoms with van der Waals surface area (Å²) in [5.41, 5.74) is 0.